The zero-order chi connectivity index (χ0) is 21.4. The second kappa shape index (κ2) is 10.7. The SMILES string of the molecule is COCCCNC(=O)c1cccc(S(=O)(=O)N2CCN(Cc3ccccc3)CC2)c1. The zero-order valence-corrected chi connectivity index (χ0v) is 18.1. The van der Waals surface area contributed by atoms with Crippen molar-refractivity contribution in [3.63, 3.8) is 0 Å². The van der Waals surface area contributed by atoms with Crippen molar-refractivity contribution in [2.45, 2.75) is 17.9 Å². The van der Waals surface area contributed by atoms with Crippen molar-refractivity contribution in [2.75, 3.05) is 46.4 Å². The van der Waals surface area contributed by atoms with E-state index in [-0.39, 0.29) is 10.8 Å². The molecule has 162 valence electrons. The van der Waals surface area contributed by atoms with Crippen LogP contribution in [0.25, 0.3) is 0 Å². The smallest absolute Gasteiger partial charge is 0.251 e. The van der Waals surface area contributed by atoms with E-state index in [1.165, 1.54) is 15.9 Å². The molecule has 2 aromatic carbocycles. The third-order valence-electron chi connectivity index (χ3n) is 5.13. The van der Waals surface area contributed by atoms with Crippen LogP contribution in [-0.4, -0.2) is 70.0 Å². The van der Waals surface area contributed by atoms with Gasteiger partial charge in [-0.05, 0) is 30.2 Å². The van der Waals surface area contributed by atoms with Crippen molar-refractivity contribution >= 4 is 15.9 Å². The van der Waals surface area contributed by atoms with Gasteiger partial charge >= 0.3 is 0 Å². The molecule has 0 aliphatic carbocycles. The molecule has 0 unspecified atom stereocenters. The lowest BCUT2D eigenvalue weighted by atomic mass is 10.2. The van der Waals surface area contributed by atoms with Crippen LogP contribution >= 0.6 is 0 Å². The van der Waals surface area contributed by atoms with Gasteiger partial charge in [0.25, 0.3) is 5.91 Å². The third-order valence-corrected chi connectivity index (χ3v) is 7.02. The number of carbonyl (C=O) groups excluding carboxylic acids is 1. The standard InChI is InChI=1S/C22H29N3O4S/c1-29-16-6-11-23-22(26)20-9-5-10-21(17-20)30(27,28)25-14-12-24(13-15-25)18-19-7-3-2-4-8-19/h2-5,7-10,17H,6,11-16,18H2,1H3,(H,23,26). The second-order valence-electron chi connectivity index (χ2n) is 7.30. The highest BCUT2D eigenvalue weighted by Crippen LogP contribution is 2.19. The Kier molecular flexibility index (Phi) is 7.98. The molecule has 0 radical (unpaired) electrons. The van der Waals surface area contributed by atoms with Gasteiger partial charge in [0.1, 0.15) is 0 Å². The highest BCUT2D eigenvalue weighted by molar-refractivity contribution is 7.89. The van der Waals surface area contributed by atoms with Gasteiger partial charge in [0.2, 0.25) is 10.0 Å². The Morgan fingerprint density at radius 3 is 2.47 bits per heavy atom. The molecule has 0 aromatic heterocycles. The monoisotopic (exact) mass is 431 g/mol. The molecule has 1 aliphatic rings. The van der Waals surface area contributed by atoms with Crippen LogP contribution in [-0.2, 0) is 21.3 Å². The highest BCUT2D eigenvalue weighted by Gasteiger charge is 2.29. The minimum atomic E-state index is -3.64. The summed E-state index contributed by atoms with van der Waals surface area (Å²) in [7, 11) is -2.03. The van der Waals surface area contributed by atoms with Gasteiger partial charge in [-0.2, -0.15) is 4.31 Å². The van der Waals surface area contributed by atoms with E-state index in [0.29, 0.717) is 51.3 Å². The van der Waals surface area contributed by atoms with E-state index >= 15 is 0 Å². The van der Waals surface area contributed by atoms with E-state index in [1.54, 1.807) is 25.3 Å². The normalized spacial score (nSPS) is 15.8. The molecule has 1 fully saturated rings. The molecule has 2 aromatic rings. The Bertz CT molecular complexity index is 926. The van der Waals surface area contributed by atoms with Crippen LogP contribution in [0.1, 0.15) is 22.3 Å². The van der Waals surface area contributed by atoms with Gasteiger partial charge in [-0.1, -0.05) is 36.4 Å². The maximum atomic E-state index is 13.1. The first kappa shape index (κ1) is 22.4. The topological polar surface area (TPSA) is 78.9 Å². The molecule has 1 amide bonds. The maximum Gasteiger partial charge on any atom is 0.251 e. The van der Waals surface area contributed by atoms with Gasteiger partial charge in [-0.3, -0.25) is 9.69 Å². The zero-order valence-electron chi connectivity index (χ0n) is 17.3. The molecule has 1 N–H and O–H groups in total. The summed E-state index contributed by atoms with van der Waals surface area (Å²) in [6.07, 6.45) is 0.702. The Morgan fingerprint density at radius 1 is 1.03 bits per heavy atom. The fourth-order valence-corrected chi connectivity index (χ4v) is 4.91. The van der Waals surface area contributed by atoms with Crippen LogP contribution in [0.5, 0.6) is 0 Å². The first-order valence-corrected chi connectivity index (χ1v) is 11.6. The van der Waals surface area contributed by atoms with Crippen LogP contribution < -0.4 is 5.32 Å². The van der Waals surface area contributed by atoms with Crippen molar-refractivity contribution in [1.82, 2.24) is 14.5 Å². The number of amides is 1. The first-order valence-electron chi connectivity index (χ1n) is 10.1. The van der Waals surface area contributed by atoms with Crippen LogP contribution in [0, 0.1) is 0 Å². The van der Waals surface area contributed by atoms with Crippen molar-refractivity contribution in [2.24, 2.45) is 0 Å². The summed E-state index contributed by atoms with van der Waals surface area (Å²) in [5.41, 5.74) is 1.56. The molecule has 3 rings (SSSR count). The lowest BCUT2D eigenvalue weighted by molar-refractivity contribution is 0.0948. The molecule has 1 heterocycles. The Morgan fingerprint density at radius 2 is 1.77 bits per heavy atom. The van der Waals surface area contributed by atoms with Crippen LogP contribution in [0.4, 0.5) is 0 Å². The second-order valence-corrected chi connectivity index (χ2v) is 9.23. The molecule has 7 nitrogen and oxygen atoms in total. The lowest BCUT2D eigenvalue weighted by Gasteiger charge is -2.34. The summed E-state index contributed by atoms with van der Waals surface area (Å²) < 4.78 is 32.6. The van der Waals surface area contributed by atoms with Crippen molar-refractivity contribution in [3.05, 3.63) is 65.7 Å². The van der Waals surface area contributed by atoms with E-state index in [1.807, 2.05) is 18.2 Å². The van der Waals surface area contributed by atoms with Gasteiger partial charge in [-0.15, -0.1) is 0 Å². The van der Waals surface area contributed by atoms with Crippen molar-refractivity contribution in [1.29, 1.82) is 0 Å². The number of nitrogens with one attached hydrogen (secondary N) is 1. The van der Waals surface area contributed by atoms with Crippen LogP contribution in [0.3, 0.4) is 0 Å². The number of hydrogen-bond donors (Lipinski definition) is 1. The predicted octanol–water partition coefficient (Wildman–Crippen LogP) is 1.96. The number of methoxy groups -OCH3 is 1. The van der Waals surface area contributed by atoms with E-state index in [4.69, 9.17) is 4.74 Å². The summed E-state index contributed by atoms with van der Waals surface area (Å²) in [5.74, 6) is -0.282. The van der Waals surface area contributed by atoms with Gasteiger partial charge in [0, 0.05) is 58.5 Å². The number of piperazine rings is 1. The van der Waals surface area contributed by atoms with Crippen molar-refractivity contribution in [3.8, 4) is 0 Å². The molecule has 8 heteroatoms. The number of benzene rings is 2. The number of nitrogens with zero attached hydrogens (tertiary/aromatic N) is 2. The number of sulfonamides is 1. The summed E-state index contributed by atoms with van der Waals surface area (Å²) in [5, 5.41) is 2.79. The van der Waals surface area contributed by atoms with Crippen LogP contribution in [0.15, 0.2) is 59.5 Å². The van der Waals surface area contributed by atoms with Gasteiger partial charge < -0.3 is 10.1 Å². The summed E-state index contributed by atoms with van der Waals surface area (Å²) >= 11 is 0. The van der Waals surface area contributed by atoms with Gasteiger partial charge in [0.15, 0.2) is 0 Å². The molecule has 0 bridgehead atoms. The first-order chi connectivity index (χ1) is 14.5. The average molecular weight is 432 g/mol. The Balaban J connectivity index is 1.60. The van der Waals surface area contributed by atoms with Gasteiger partial charge in [0.05, 0.1) is 4.90 Å². The maximum absolute atomic E-state index is 13.1. The molecular weight excluding hydrogens is 402 g/mol. The largest absolute Gasteiger partial charge is 0.385 e. The highest BCUT2D eigenvalue weighted by atomic mass is 32.2. The fourth-order valence-electron chi connectivity index (χ4n) is 3.44. The number of carbonyl (C=O) groups is 1. The predicted molar refractivity (Wildman–Crippen MR) is 116 cm³/mol. The fraction of sp³-hybridized carbons (Fsp3) is 0.409. The van der Waals surface area contributed by atoms with E-state index in [0.717, 1.165) is 6.54 Å². The van der Waals surface area contributed by atoms with Gasteiger partial charge in [-0.25, -0.2) is 8.42 Å². The van der Waals surface area contributed by atoms with E-state index in [9.17, 15) is 13.2 Å². The molecule has 1 aliphatic heterocycles. The molecular formula is C22H29N3O4S. The minimum Gasteiger partial charge on any atom is -0.385 e. The molecule has 0 atom stereocenters. The average Bonchev–Trinajstić information content (AvgIpc) is 2.78. The van der Waals surface area contributed by atoms with E-state index < -0.39 is 10.0 Å². The molecule has 30 heavy (non-hydrogen) atoms. The molecule has 1 saturated heterocycles. The summed E-state index contributed by atoms with van der Waals surface area (Å²) in [6.45, 7) is 4.07. The lowest BCUT2D eigenvalue weighted by Crippen LogP contribution is -2.48. The Hall–Kier alpha value is -2.26. The Labute approximate surface area is 178 Å². The van der Waals surface area contributed by atoms with Crippen LogP contribution in [0.2, 0.25) is 0 Å². The minimum absolute atomic E-state index is 0.156. The molecule has 0 saturated carbocycles. The number of rotatable bonds is 9. The summed E-state index contributed by atoms with van der Waals surface area (Å²) in [6, 6.07) is 16.4. The quantitative estimate of drug-likeness (QED) is 0.614. The van der Waals surface area contributed by atoms with E-state index in [2.05, 4.69) is 22.3 Å². The third kappa shape index (κ3) is 5.89. The van der Waals surface area contributed by atoms with Crippen molar-refractivity contribution < 1.29 is 17.9 Å². The number of ether oxygens (including phenoxy) is 1. The molecule has 0 spiro atoms. The summed E-state index contributed by atoms with van der Waals surface area (Å²) in [4.78, 5) is 14.7. The number of hydrogen-bond acceptors (Lipinski definition) is 5.